The summed E-state index contributed by atoms with van der Waals surface area (Å²) in [6.07, 6.45) is 5.79. The molecule has 1 aliphatic rings. The normalized spacial score (nSPS) is 24.4. The monoisotopic (exact) mass is 290 g/mol. The van der Waals surface area contributed by atoms with Gasteiger partial charge in [0.05, 0.1) is 0 Å². The number of hydrogen-bond donors (Lipinski definition) is 0. The van der Waals surface area contributed by atoms with E-state index in [4.69, 9.17) is 9.47 Å². The molecule has 2 atom stereocenters. The third-order valence-electron chi connectivity index (χ3n) is 3.52. The van der Waals surface area contributed by atoms with E-state index in [9.17, 15) is 0 Å². The average molecular weight is 289 g/mol. The first-order valence-corrected chi connectivity index (χ1v) is 14.3. The second-order valence-electron chi connectivity index (χ2n) is 5.95. The Labute approximate surface area is 103 Å². The van der Waals surface area contributed by atoms with Gasteiger partial charge in [-0.15, -0.1) is 0 Å². The number of ether oxygens (including phenoxy) is 2. The van der Waals surface area contributed by atoms with E-state index in [2.05, 4.69) is 24.2 Å². The predicted octanol–water partition coefficient (Wildman–Crippen LogP) is 3.69. The number of hydrogen-bond acceptors (Lipinski definition) is 2. The molecule has 1 aliphatic heterocycles. The molecule has 2 nitrogen and oxygen atoms in total. The van der Waals surface area contributed by atoms with Crippen LogP contribution in [-0.2, 0) is 9.47 Å². The molecule has 0 saturated carbocycles. The van der Waals surface area contributed by atoms with Gasteiger partial charge in [0, 0.05) is 0 Å². The minimum atomic E-state index is -1.64. The van der Waals surface area contributed by atoms with Crippen LogP contribution >= 0.6 is 0 Å². The molecule has 2 unspecified atom stereocenters. The molecule has 0 aromatic carbocycles. The van der Waals surface area contributed by atoms with Crippen molar-refractivity contribution in [1.29, 1.82) is 0 Å². The summed E-state index contributed by atoms with van der Waals surface area (Å²) in [5.74, 6) is 7.53. The Morgan fingerprint density at radius 3 is 2.44 bits per heavy atom. The molecule has 3 heteroatoms. The Morgan fingerprint density at radius 2 is 1.94 bits per heavy atom. The van der Waals surface area contributed by atoms with E-state index in [0.29, 0.717) is 6.10 Å². The van der Waals surface area contributed by atoms with Gasteiger partial charge in [-0.3, -0.25) is 0 Å². The summed E-state index contributed by atoms with van der Waals surface area (Å²) in [5, 5.41) is 0. The second-order valence-corrected chi connectivity index (χ2v) is 17.4. The summed E-state index contributed by atoms with van der Waals surface area (Å²) in [5.41, 5.74) is 0. The Bertz CT molecular complexity index is 183. The summed E-state index contributed by atoms with van der Waals surface area (Å²) in [6.45, 7) is 4.69. The molecule has 0 radical (unpaired) electrons. The van der Waals surface area contributed by atoms with Gasteiger partial charge in [0.25, 0.3) is 0 Å². The van der Waals surface area contributed by atoms with Gasteiger partial charge in [-0.1, -0.05) is 0 Å². The van der Waals surface area contributed by atoms with Crippen LogP contribution in [0.5, 0.6) is 0 Å². The maximum absolute atomic E-state index is 5.92. The van der Waals surface area contributed by atoms with Crippen molar-refractivity contribution in [1.82, 2.24) is 0 Å². The van der Waals surface area contributed by atoms with Crippen molar-refractivity contribution in [2.45, 2.75) is 60.7 Å². The first kappa shape index (κ1) is 14.5. The van der Waals surface area contributed by atoms with Crippen LogP contribution in [0.3, 0.4) is 0 Å². The van der Waals surface area contributed by atoms with Gasteiger partial charge in [0.1, 0.15) is 0 Å². The van der Waals surface area contributed by atoms with Crippen molar-refractivity contribution >= 4 is 13.3 Å². The third-order valence-corrected chi connectivity index (χ3v) is 9.57. The van der Waals surface area contributed by atoms with Crippen LogP contribution in [0.2, 0.25) is 22.0 Å². The zero-order valence-corrected chi connectivity index (χ0v) is 13.5. The molecule has 0 aliphatic carbocycles. The quantitative estimate of drug-likeness (QED) is 0.548. The van der Waals surface area contributed by atoms with Crippen LogP contribution in [-0.4, -0.2) is 39.2 Å². The van der Waals surface area contributed by atoms with Crippen LogP contribution in [0.1, 0.15) is 32.6 Å². The number of rotatable bonds is 6. The molecule has 1 heterocycles. The van der Waals surface area contributed by atoms with E-state index < -0.39 is 13.3 Å². The molecular formula is C13H28GeO2. The Hall–Kier alpha value is 0.463. The fourth-order valence-corrected chi connectivity index (χ4v) is 7.52. The molecule has 96 valence electrons. The van der Waals surface area contributed by atoms with Gasteiger partial charge in [-0.05, 0) is 0 Å². The summed E-state index contributed by atoms with van der Waals surface area (Å²) in [7, 11) is 0. The molecule has 0 amide bonds. The van der Waals surface area contributed by atoms with E-state index in [-0.39, 0.29) is 0 Å². The summed E-state index contributed by atoms with van der Waals surface area (Å²) >= 11 is -1.64. The predicted molar refractivity (Wildman–Crippen MR) is 71.8 cm³/mol. The molecule has 0 spiro atoms. The van der Waals surface area contributed by atoms with Crippen LogP contribution in [0.4, 0.5) is 0 Å². The molecule has 0 N–H and O–H groups in total. The summed E-state index contributed by atoms with van der Waals surface area (Å²) in [6, 6.07) is 0. The van der Waals surface area contributed by atoms with E-state index >= 15 is 0 Å². The molecule has 0 bridgehead atoms. The Kier molecular flexibility index (Phi) is 6.37. The third kappa shape index (κ3) is 4.76. The van der Waals surface area contributed by atoms with Crippen LogP contribution in [0.25, 0.3) is 0 Å². The molecule has 0 aromatic rings. The van der Waals surface area contributed by atoms with Crippen molar-refractivity contribution in [3.63, 3.8) is 0 Å². The van der Waals surface area contributed by atoms with Gasteiger partial charge in [0.2, 0.25) is 0 Å². The molecule has 1 fully saturated rings. The second kappa shape index (κ2) is 7.02. The van der Waals surface area contributed by atoms with Gasteiger partial charge in [0.15, 0.2) is 0 Å². The van der Waals surface area contributed by atoms with Gasteiger partial charge in [-0.25, -0.2) is 0 Å². The van der Waals surface area contributed by atoms with Crippen LogP contribution < -0.4 is 0 Å². The van der Waals surface area contributed by atoms with Crippen LogP contribution in [0, 0.1) is 0 Å². The van der Waals surface area contributed by atoms with E-state index in [1.54, 1.807) is 0 Å². The topological polar surface area (TPSA) is 18.5 Å². The zero-order chi connectivity index (χ0) is 12.0. The zero-order valence-electron chi connectivity index (χ0n) is 11.4. The van der Waals surface area contributed by atoms with Crippen molar-refractivity contribution in [3.05, 3.63) is 0 Å². The van der Waals surface area contributed by atoms with Crippen LogP contribution in [0.15, 0.2) is 0 Å². The minimum absolute atomic E-state index is 0.394. The first-order valence-electron chi connectivity index (χ1n) is 6.75. The SMILES string of the molecule is CCCCC[CH](C1COCCO1)[Ge]([CH3])([CH3])[CH3]. The van der Waals surface area contributed by atoms with E-state index in [1.165, 1.54) is 25.7 Å². The first-order chi connectivity index (χ1) is 7.55. The van der Waals surface area contributed by atoms with Crippen molar-refractivity contribution < 1.29 is 9.47 Å². The molecule has 16 heavy (non-hydrogen) atoms. The maximum atomic E-state index is 5.92. The average Bonchev–Trinajstić information content (AvgIpc) is 2.24. The van der Waals surface area contributed by atoms with Gasteiger partial charge in [-0.2, -0.15) is 0 Å². The van der Waals surface area contributed by atoms with Gasteiger partial charge < -0.3 is 0 Å². The molecule has 1 rings (SSSR count). The standard InChI is InChI=1S/C13H28GeO2/c1-5-6-7-8-12(14(2,3)4)13-11-15-9-10-16-13/h12-13H,5-11H2,1-4H3. The molecule has 0 aromatic heterocycles. The summed E-state index contributed by atoms with van der Waals surface area (Å²) in [4.78, 5) is 0. The Balaban J connectivity index is 2.48. The molecular weight excluding hydrogens is 261 g/mol. The fraction of sp³-hybridized carbons (Fsp3) is 1.00. The van der Waals surface area contributed by atoms with Crippen molar-refractivity contribution in [2.24, 2.45) is 0 Å². The van der Waals surface area contributed by atoms with E-state index in [0.717, 1.165) is 24.6 Å². The molecule has 1 saturated heterocycles. The summed E-state index contributed by atoms with van der Waals surface area (Å²) < 4.78 is 12.3. The van der Waals surface area contributed by atoms with E-state index in [1.807, 2.05) is 0 Å². The van der Waals surface area contributed by atoms with Crippen molar-refractivity contribution in [2.75, 3.05) is 19.8 Å². The fourth-order valence-electron chi connectivity index (χ4n) is 2.53. The number of unbranched alkanes of at least 4 members (excludes halogenated alkanes) is 2. The van der Waals surface area contributed by atoms with Crippen molar-refractivity contribution in [3.8, 4) is 0 Å². The van der Waals surface area contributed by atoms with Gasteiger partial charge >= 0.3 is 103 Å². The Morgan fingerprint density at radius 1 is 1.19 bits per heavy atom.